The number of hydrogen-bond donors (Lipinski definition) is 0. The summed E-state index contributed by atoms with van der Waals surface area (Å²) in [5.74, 6) is 0. The number of rotatable bonds is 2. The van der Waals surface area contributed by atoms with Crippen LogP contribution in [0.1, 0.15) is 11.1 Å². The second-order valence-electron chi connectivity index (χ2n) is 4.90. The standard InChI is InChI=1S/C18H16Se/c1-13-3-7-15(8-4-13)17-11-12-18(19-17)16-9-5-14(2)6-10-16/h3-12H,1-2H3/i17+1. The molecule has 0 unspecified atom stereocenters. The second-order valence-corrected chi connectivity index (χ2v) is 7.17. The molecule has 1 heterocycles. The Morgan fingerprint density at radius 2 is 0.895 bits per heavy atom. The minimum atomic E-state index is 0.421. The molecule has 0 aliphatic rings. The molecule has 1 heteroatoms. The summed E-state index contributed by atoms with van der Waals surface area (Å²) in [6.45, 7) is 4.27. The first-order chi connectivity index (χ1) is 9.22. The molecule has 2 aromatic carbocycles. The predicted molar refractivity (Wildman–Crippen MR) is 83.7 cm³/mol. The third-order valence-electron chi connectivity index (χ3n) is 3.28. The van der Waals surface area contributed by atoms with Crippen LogP contribution in [0.4, 0.5) is 0 Å². The molecule has 0 aliphatic carbocycles. The molecule has 0 aliphatic heterocycles. The van der Waals surface area contributed by atoms with E-state index in [0.717, 1.165) is 0 Å². The summed E-state index contributed by atoms with van der Waals surface area (Å²) in [7, 11) is 0. The van der Waals surface area contributed by atoms with Crippen molar-refractivity contribution >= 4 is 14.5 Å². The van der Waals surface area contributed by atoms with Crippen molar-refractivity contribution in [1.82, 2.24) is 0 Å². The molecule has 1 aromatic heterocycles. The average molecular weight is 312 g/mol. The summed E-state index contributed by atoms with van der Waals surface area (Å²) in [6.07, 6.45) is 0. The Labute approximate surface area is 120 Å². The van der Waals surface area contributed by atoms with Gasteiger partial charge < -0.3 is 0 Å². The average Bonchev–Trinajstić information content (AvgIpc) is 2.90. The molecular formula is C18H16Se. The van der Waals surface area contributed by atoms with E-state index in [-0.39, 0.29) is 0 Å². The zero-order chi connectivity index (χ0) is 13.2. The molecule has 0 radical (unpaired) electrons. The molecule has 3 aromatic rings. The molecule has 0 saturated carbocycles. The molecule has 19 heavy (non-hydrogen) atoms. The first-order valence-electron chi connectivity index (χ1n) is 6.46. The first-order valence-corrected chi connectivity index (χ1v) is 8.17. The zero-order valence-electron chi connectivity index (χ0n) is 11.2. The van der Waals surface area contributed by atoms with Crippen LogP contribution < -0.4 is 0 Å². The molecule has 0 atom stereocenters. The van der Waals surface area contributed by atoms with Crippen LogP contribution in [0.5, 0.6) is 0 Å². The fraction of sp³-hybridized carbons (Fsp3) is 0.111. The van der Waals surface area contributed by atoms with Gasteiger partial charge in [0.2, 0.25) is 0 Å². The van der Waals surface area contributed by atoms with Crippen LogP contribution in [-0.2, 0) is 0 Å². The van der Waals surface area contributed by atoms with Gasteiger partial charge in [-0.25, -0.2) is 0 Å². The van der Waals surface area contributed by atoms with Gasteiger partial charge in [-0.3, -0.25) is 0 Å². The van der Waals surface area contributed by atoms with Crippen molar-refractivity contribution in [3.05, 3.63) is 71.8 Å². The van der Waals surface area contributed by atoms with E-state index in [2.05, 4.69) is 74.5 Å². The van der Waals surface area contributed by atoms with Crippen molar-refractivity contribution in [2.45, 2.75) is 13.8 Å². The van der Waals surface area contributed by atoms with Crippen LogP contribution in [0.25, 0.3) is 20.0 Å². The normalized spacial score (nSPS) is 10.6. The van der Waals surface area contributed by atoms with E-state index in [1.54, 1.807) is 0 Å². The molecule has 0 N–H and O–H groups in total. The monoisotopic (exact) mass is 313 g/mol. The third-order valence-corrected chi connectivity index (χ3v) is 5.76. The van der Waals surface area contributed by atoms with Gasteiger partial charge in [-0.1, -0.05) is 0 Å². The summed E-state index contributed by atoms with van der Waals surface area (Å²) in [5.41, 5.74) is 5.37. The molecule has 0 nitrogen and oxygen atoms in total. The van der Waals surface area contributed by atoms with Crippen LogP contribution in [0.15, 0.2) is 60.7 Å². The Hall–Kier alpha value is -1.56. The Morgan fingerprint density at radius 1 is 0.526 bits per heavy atom. The SMILES string of the molecule is Cc1ccc(-c2cc[13c](-c3ccc(C)cc3)[se]2)cc1. The molecule has 0 spiro atoms. The van der Waals surface area contributed by atoms with Gasteiger partial charge in [0, 0.05) is 0 Å². The molecule has 0 amide bonds. The minimum absolute atomic E-state index is 0.421. The van der Waals surface area contributed by atoms with Crippen molar-refractivity contribution in [1.29, 1.82) is 0 Å². The Balaban J connectivity index is 1.95. The van der Waals surface area contributed by atoms with Crippen molar-refractivity contribution in [2.24, 2.45) is 0 Å². The van der Waals surface area contributed by atoms with Crippen LogP contribution in [0.3, 0.4) is 0 Å². The van der Waals surface area contributed by atoms with Crippen molar-refractivity contribution < 1.29 is 0 Å². The van der Waals surface area contributed by atoms with E-state index >= 15 is 0 Å². The van der Waals surface area contributed by atoms with Gasteiger partial charge in [-0.05, 0) is 0 Å². The summed E-state index contributed by atoms with van der Waals surface area (Å²) in [4.78, 5) is 0. The van der Waals surface area contributed by atoms with Gasteiger partial charge in [0.25, 0.3) is 0 Å². The van der Waals surface area contributed by atoms with Crippen molar-refractivity contribution in [2.75, 3.05) is 0 Å². The van der Waals surface area contributed by atoms with E-state index in [1.165, 1.54) is 31.1 Å². The third kappa shape index (κ3) is 2.73. The predicted octanol–water partition coefficient (Wildman–Crippen LogP) is 4.69. The molecule has 94 valence electrons. The first kappa shape index (κ1) is 12.5. The van der Waals surface area contributed by atoms with E-state index in [0.29, 0.717) is 14.5 Å². The Morgan fingerprint density at radius 3 is 1.26 bits per heavy atom. The van der Waals surface area contributed by atoms with Crippen LogP contribution in [0.2, 0.25) is 0 Å². The Bertz CT molecular complexity index is 612. The summed E-state index contributed by atoms with van der Waals surface area (Å²) < 4.78 is 2.95. The second kappa shape index (κ2) is 5.20. The van der Waals surface area contributed by atoms with Crippen LogP contribution in [-0.4, -0.2) is 14.5 Å². The van der Waals surface area contributed by atoms with Crippen molar-refractivity contribution in [3.63, 3.8) is 0 Å². The van der Waals surface area contributed by atoms with Gasteiger partial charge in [-0.15, -0.1) is 0 Å². The van der Waals surface area contributed by atoms with E-state index in [4.69, 9.17) is 0 Å². The van der Waals surface area contributed by atoms with E-state index in [9.17, 15) is 0 Å². The molecule has 0 bridgehead atoms. The number of hydrogen-bond acceptors (Lipinski definition) is 0. The molecule has 0 saturated heterocycles. The molecular weight excluding hydrogens is 296 g/mol. The summed E-state index contributed by atoms with van der Waals surface area (Å²) >= 11 is 0.421. The number of aryl methyl sites for hydroxylation is 2. The van der Waals surface area contributed by atoms with Crippen LogP contribution in [0, 0.1) is 13.8 Å². The summed E-state index contributed by atoms with van der Waals surface area (Å²) in [5, 5.41) is 0. The fourth-order valence-electron chi connectivity index (χ4n) is 2.08. The van der Waals surface area contributed by atoms with Gasteiger partial charge in [0.1, 0.15) is 0 Å². The van der Waals surface area contributed by atoms with Gasteiger partial charge >= 0.3 is 120 Å². The van der Waals surface area contributed by atoms with Gasteiger partial charge in [-0.2, -0.15) is 0 Å². The summed E-state index contributed by atoms with van der Waals surface area (Å²) in [6, 6.07) is 22.2. The maximum atomic E-state index is 2.28. The quantitative estimate of drug-likeness (QED) is 0.602. The van der Waals surface area contributed by atoms with Crippen LogP contribution >= 0.6 is 0 Å². The van der Waals surface area contributed by atoms with Crippen molar-refractivity contribution in [3.8, 4) is 20.0 Å². The maximum absolute atomic E-state index is 2.28. The topological polar surface area (TPSA) is 0 Å². The number of benzene rings is 2. The van der Waals surface area contributed by atoms with Gasteiger partial charge in [0.15, 0.2) is 0 Å². The molecule has 3 rings (SSSR count). The van der Waals surface area contributed by atoms with Gasteiger partial charge in [0.05, 0.1) is 0 Å². The molecule has 0 fully saturated rings. The van der Waals surface area contributed by atoms with E-state index < -0.39 is 0 Å². The fourth-order valence-corrected chi connectivity index (χ4v) is 4.22. The zero-order valence-corrected chi connectivity index (χ0v) is 12.9. The Kier molecular flexibility index (Phi) is 3.42. The van der Waals surface area contributed by atoms with E-state index in [1.807, 2.05) is 0 Å².